The zero-order chi connectivity index (χ0) is 16.9. The second-order valence-electron chi connectivity index (χ2n) is 14.7. The van der Waals surface area contributed by atoms with E-state index in [9.17, 15) is 0 Å². The van der Waals surface area contributed by atoms with Crippen molar-refractivity contribution in [3.8, 4) is 0 Å². The van der Waals surface area contributed by atoms with Crippen LogP contribution in [0.2, 0.25) is 0 Å². The fourth-order valence-electron chi connectivity index (χ4n) is 16.6. The zero-order valence-corrected chi connectivity index (χ0v) is 16.7. The van der Waals surface area contributed by atoms with Crippen molar-refractivity contribution in [3.63, 3.8) is 0 Å². The van der Waals surface area contributed by atoms with E-state index in [1.165, 1.54) is 118 Å². The molecule has 0 aliphatic heterocycles. The van der Waals surface area contributed by atoms with Gasteiger partial charge in [0, 0.05) is 0 Å². The highest BCUT2D eigenvalue weighted by molar-refractivity contribution is 5.35. The molecule has 0 radical (unpaired) electrons. The molecular formula is C28H32. The summed E-state index contributed by atoms with van der Waals surface area (Å²) in [6, 6.07) is 0. The molecule has 0 heterocycles. The minimum absolute atomic E-state index is 1.04. The second kappa shape index (κ2) is 3.44. The van der Waals surface area contributed by atoms with Crippen molar-refractivity contribution >= 4 is 0 Å². The molecule has 13 aliphatic carbocycles. The average Bonchev–Trinajstić information content (AvgIpc) is 3.39. The molecule has 28 heavy (non-hydrogen) atoms. The Morgan fingerprint density at radius 3 is 0.821 bits per heavy atom. The Hall–Kier alpha value is -0.260. The third-order valence-electron chi connectivity index (χ3n) is 15.8. The fourth-order valence-corrected chi connectivity index (χ4v) is 16.6. The van der Waals surface area contributed by atoms with Gasteiger partial charge in [0.25, 0.3) is 0 Å². The van der Waals surface area contributed by atoms with Crippen LogP contribution in [0.1, 0.15) is 25.7 Å². The highest BCUT2D eigenvalue weighted by Crippen LogP contribution is 2.92. The molecule has 12 saturated carbocycles. The predicted octanol–water partition coefficient (Wildman–Crippen LogP) is 4.82. The van der Waals surface area contributed by atoms with Gasteiger partial charge in [0.1, 0.15) is 0 Å². The van der Waals surface area contributed by atoms with Gasteiger partial charge in [-0.3, -0.25) is 0 Å². The van der Waals surface area contributed by atoms with Crippen LogP contribution in [-0.2, 0) is 0 Å². The average molecular weight is 369 g/mol. The Kier molecular flexibility index (Phi) is 1.62. The van der Waals surface area contributed by atoms with E-state index >= 15 is 0 Å². The number of hydrogen-bond acceptors (Lipinski definition) is 0. The molecule has 12 bridgehead atoms. The van der Waals surface area contributed by atoms with E-state index in [1.807, 2.05) is 0 Å². The molecule has 0 aromatic heterocycles. The molecule has 0 aromatic rings. The Bertz CT molecular complexity index is 862. The molecule has 144 valence electrons. The lowest BCUT2D eigenvalue weighted by Crippen LogP contribution is -2.64. The molecule has 0 atom stereocenters. The van der Waals surface area contributed by atoms with E-state index < -0.39 is 0 Å². The summed E-state index contributed by atoms with van der Waals surface area (Å²) < 4.78 is 0. The van der Waals surface area contributed by atoms with Gasteiger partial charge in [-0.25, -0.2) is 0 Å². The summed E-state index contributed by atoms with van der Waals surface area (Å²) in [5.74, 6) is 27.2. The lowest BCUT2D eigenvalue weighted by molar-refractivity contribution is -0.206. The minimum atomic E-state index is 1.04. The van der Waals surface area contributed by atoms with E-state index in [2.05, 4.69) is 12.2 Å². The van der Waals surface area contributed by atoms with Gasteiger partial charge in [0.05, 0.1) is 0 Å². The van der Waals surface area contributed by atoms with Crippen LogP contribution in [0.25, 0.3) is 0 Å². The normalized spacial score (nSPS) is 89.4. The lowest BCUT2D eigenvalue weighted by Gasteiger charge is -2.67. The van der Waals surface area contributed by atoms with Crippen molar-refractivity contribution < 1.29 is 0 Å². The smallest absolute Gasteiger partial charge is 0.0194 e. The zero-order valence-electron chi connectivity index (χ0n) is 16.7. The Balaban J connectivity index is 0.974. The fraction of sp³-hybridized carbons (Fsp3) is 0.929. The van der Waals surface area contributed by atoms with Gasteiger partial charge < -0.3 is 0 Å². The van der Waals surface area contributed by atoms with Crippen molar-refractivity contribution in [2.45, 2.75) is 25.7 Å². The second-order valence-corrected chi connectivity index (χ2v) is 14.7. The molecule has 13 rings (SSSR count). The van der Waals surface area contributed by atoms with E-state index in [0.717, 1.165) is 11.8 Å². The molecule has 0 aromatic carbocycles. The molecule has 0 amide bonds. The molecular weight excluding hydrogens is 336 g/mol. The SMILES string of the molecule is C1=C[C@H]2C[C@@H]1[C@H]1[C@@H]2[C@@H]2[C@@H]3C[C@@H]([C@H]4[C@@H]5[C@@H]6C[C@@H]([C@H]7[C@H]8C9CC%10[C@H]([C@H]%108)[C@@H]9[C@@H]67)[C@@H]5[C@@H]34)[C@H]12. The standard InChI is InChI=1S/C28H32/c1-2-8-3-7(1)15-16(8)18-10-4-9(17(15)18)19-20(10)22-12-5-11(21(19)22)23-24(12)26-13-6-14-27(25(13)23)28(14)26/h1-2,7-28H,3-6H2/t7-,8+,9-,10+,11+,12-,13?,14?,15+,16-,17-,18+,19-,20+,21+,22-,23+,24-,25+,26-,27+,28-. The van der Waals surface area contributed by atoms with Gasteiger partial charge in [-0.1, -0.05) is 12.2 Å². The van der Waals surface area contributed by atoms with Crippen LogP contribution in [0.15, 0.2) is 12.2 Å². The van der Waals surface area contributed by atoms with Crippen molar-refractivity contribution in [2.75, 3.05) is 0 Å². The first kappa shape index (κ1) is 13.2. The number of hydrogen-bond donors (Lipinski definition) is 0. The summed E-state index contributed by atoms with van der Waals surface area (Å²) in [6.07, 6.45) is 12.1. The van der Waals surface area contributed by atoms with Crippen molar-refractivity contribution in [1.82, 2.24) is 0 Å². The van der Waals surface area contributed by atoms with Gasteiger partial charge in [-0.2, -0.15) is 0 Å². The van der Waals surface area contributed by atoms with Crippen LogP contribution in [0.3, 0.4) is 0 Å². The molecule has 0 spiro atoms. The summed E-state index contributed by atoms with van der Waals surface area (Å²) in [5.41, 5.74) is 0. The first-order valence-electron chi connectivity index (χ1n) is 13.6. The summed E-state index contributed by atoms with van der Waals surface area (Å²) in [7, 11) is 0. The van der Waals surface area contributed by atoms with Crippen molar-refractivity contribution in [1.29, 1.82) is 0 Å². The summed E-state index contributed by atoms with van der Waals surface area (Å²) in [5, 5.41) is 0. The molecule has 0 nitrogen and oxygen atoms in total. The van der Waals surface area contributed by atoms with Gasteiger partial charge in [-0.05, 0) is 156 Å². The van der Waals surface area contributed by atoms with Crippen molar-refractivity contribution in [3.05, 3.63) is 12.2 Å². The molecule has 0 heteroatoms. The van der Waals surface area contributed by atoms with Gasteiger partial charge in [0.15, 0.2) is 0 Å². The highest BCUT2D eigenvalue weighted by Gasteiger charge is 2.87. The predicted molar refractivity (Wildman–Crippen MR) is 104 cm³/mol. The van der Waals surface area contributed by atoms with Crippen LogP contribution in [0.4, 0.5) is 0 Å². The summed E-state index contributed by atoms with van der Waals surface area (Å²) >= 11 is 0. The summed E-state index contributed by atoms with van der Waals surface area (Å²) in [4.78, 5) is 0. The topological polar surface area (TPSA) is 0 Å². The molecule has 0 N–H and O–H groups in total. The maximum Gasteiger partial charge on any atom is -0.0194 e. The minimum Gasteiger partial charge on any atom is -0.0848 e. The Morgan fingerprint density at radius 1 is 0.286 bits per heavy atom. The number of fused-ring (bicyclic) bond motifs is 25. The van der Waals surface area contributed by atoms with E-state index in [0.29, 0.717) is 0 Å². The number of allylic oxidation sites excluding steroid dienone is 2. The third-order valence-corrected chi connectivity index (χ3v) is 15.8. The Morgan fingerprint density at radius 2 is 0.536 bits per heavy atom. The van der Waals surface area contributed by atoms with E-state index in [1.54, 1.807) is 25.7 Å². The van der Waals surface area contributed by atoms with Crippen LogP contribution in [-0.4, -0.2) is 0 Å². The molecule has 13 aliphatic rings. The Labute approximate surface area is 168 Å². The van der Waals surface area contributed by atoms with Gasteiger partial charge >= 0.3 is 0 Å². The van der Waals surface area contributed by atoms with E-state index in [-0.39, 0.29) is 0 Å². The van der Waals surface area contributed by atoms with Gasteiger partial charge in [-0.15, -0.1) is 0 Å². The lowest BCUT2D eigenvalue weighted by atomic mass is 9.37. The van der Waals surface area contributed by atoms with Gasteiger partial charge in [0.2, 0.25) is 0 Å². The van der Waals surface area contributed by atoms with Crippen LogP contribution >= 0.6 is 0 Å². The number of rotatable bonds is 0. The quantitative estimate of drug-likeness (QED) is 0.425. The first-order chi connectivity index (χ1) is 13.9. The molecule has 12 fully saturated rings. The third kappa shape index (κ3) is 0.922. The van der Waals surface area contributed by atoms with Crippen molar-refractivity contribution in [2.24, 2.45) is 130 Å². The molecule has 0 saturated heterocycles. The van der Waals surface area contributed by atoms with Crippen LogP contribution < -0.4 is 0 Å². The largest absolute Gasteiger partial charge is 0.0848 e. The van der Waals surface area contributed by atoms with Crippen LogP contribution in [0.5, 0.6) is 0 Å². The first-order valence-corrected chi connectivity index (χ1v) is 13.6. The van der Waals surface area contributed by atoms with Crippen LogP contribution in [0, 0.1) is 130 Å². The maximum absolute atomic E-state index is 2.67. The maximum atomic E-state index is 2.67. The molecule has 0 unspecified atom stereocenters. The van der Waals surface area contributed by atoms with E-state index in [4.69, 9.17) is 0 Å². The summed E-state index contributed by atoms with van der Waals surface area (Å²) in [6.45, 7) is 0. The monoisotopic (exact) mass is 368 g/mol. The highest BCUT2D eigenvalue weighted by atomic mass is 14.9.